The average molecular weight is 529 g/mol. The number of carbonyl (C=O) groups is 2. The molecule has 0 spiro atoms. The van der Waals surface area contributed by atoms with E-state index in [0.717, 1.165) is 30.3 Å². The van der Waals surface area contributed by atoms with E-state index < -0.39 is 16.2 Å². The van der Waals surface area contributed by atoms with E-state index in [-0.39, 0.29) is 11.9 Å². The molecule has 2 unspecified atom stereocenters. The summed E-state index contributed by atoms with van der Waals surface area (Å²) >= 11 is 0. The minimum absolute atomic E-state index is 0.222. The maximum absolute atomic E-state index is 12.6. The fraction of sp³-hybridized carbons (Fsp3) is 0.385. The van der Waals surface area contributed by atoms with Crippen LogP contribution in [0.3, 0.4) is 0 Å². The van der Waals surface area contributed by atoms with Crippen LogP contribution in [0.2, 0.25) is 0 Å². The fourth-order valence-electron chi connectivity index (χ4n) is 4.78. The van der Waals surface area contributed by atoms with Crippen molar-refractivity contribution in [2.45, 2.75) is 32.0 Å². The molecule has 1 amide bonds. The summed E-state index contributed by atoms with van der Waals surface area (Å²) in [7, 11) is -0.619. The van der Waals surface area contributed by atoms with E-state index >= 15 is 0 Å². The monoisotopic (exact) mass is 528 g/mol. The Morgan fingerprint density at radius 1 is 1.08 bits per heavy atom. The molecular weight excluding hydrogens is 496 g/mol. The number of rotatable bonds is 10. The zero-order valence-corrected chi connectivity index (χ0v) is 22.2. The van der Waals surface area contributed by atoms with Gasteiger partial charge in [0.05, 0.1) is 31.9 Å². The summed E-state index contributed by atoms with van der Waals surface area (Å²) in [5, 5.41) is 6.16. The molecule has 1 fully saturated rings. The Kier molecular flexibility index (Phi) is 7.74. The van der Waals surface area contributed by atoms with Gasteiger partial charge in [-0.05, 0) is 56.2 Å². The minimum atomic E-state index is -3.70. The first-order chi connectivity index (χ1) is 17.7. The highest BCUT2D eigenvalue weighted by Crippen LogP contribution is 2.40. The fourth-order valence-corrected chi connectivity index (χ4v) is 5.86. The summed E-state index contributed by atoms with van der Waals surface area (Å²) in [6.07, 6.45) is 4.59. The van der Waals surface area contributed by atoms with Crippen molar-refractivity contribution < 1.29 is 27.5 Å². The first-order valence-electron chi connectivity index (χ1n) is 12.0. The van der Waals surface area contributed by atoms with Crippen molar-refractivity contribution in [1.29, 1.82) is 0 Å². The van der Waals surface area contributed by atoms with Gasteiger partial charge in [0, 0.05) is 42.0 Å². The van der Waals surface area contributed by atoms with Crippen molar-refractivity contribution in [3.63, 3.8) is 0 Å². The number of amides is 1. The van der Waals surface area contributed by atoms with Gasteiger partial charge < -0.3 is 20.1 Å². The second kappa shape index (κ2) is 10.8. The maximum Gasteiger partial charge on any atom is 0.256 e. The van der Waals surface area contributed by atoms with E-state index in [9.17, 15) is 18.0 Å². The highest BCUT2D eigenvalue weighted by atomic mass is 32.2. The maximum atomic E-state index is 12.6. The van der Waals surface area contributed by atoms with Crippen LogP contribution in [0.4, 0.5) is 17.1 Å². The average Bonchev–Trinajstić information content (AvgIpc) is 3.49. The molecule has 0 radical (unpaired) electrons. The number of likely N-dealkylation sites (tertiary alicyclic amines) is 1. The number of aldehydes is 1. The van der Waals surface area contributed by atoms with Crippen molar-refractivity contribution in [1.82, 2.24) is 4.90 Å². The molecule has 0 aromatic heterocycles. The molecule has 0 saturated carbocycles. The first-order valence-corrected chi connectivity index (χ1v) is 13.9. The quantitative estimate of drug-likeness (QED) is 0.357. The van der Waals surface area contributed by atoms with Crippen LogP contribution in [0.5, 0.6) is 11.5 Å². The second-order valence-corrected chi connectivity index (χ2v) is 11.0. The van der Waals surface area contributed by atoms with E-state index in [1.54, 1.807) is 43.5 Å². The van der Waals surface area contributed by atoms with Gasteiger partial charge in [-0.3, -0.25) is 14.5 Å². The number of benzene rings is 2. The van der Waals surface area contributed by atoms with Crippen LogP contribution < -0.4 is 24.4 Å². The van der Waals surface area contributed by atoms with E-state index in [1.165, 1.54) is 11.4 Å². The Hall–Kier alpha value is -3.57. The Labute approximate surface area is 217 Å². The van der Waals surface area contributed by atoms with Gasteiger partial charge in [0.25, 0.3) is 5.91 Å². The van der Waals surface area contributed by atoms with Crippen LogP contribution in [0.1, 0.15) is 25.3 Å². The van der Waals surface area contributed by atoms with Crippen molar-refractivity contribution >= 4 is 44.9 Å². The standard InChI is InChI=1S/C26H32N4O6S/c1-17(13-21-20-14-23(35-2)24(36-3)15-22(20)28-26(21)32)27-18-7-9-19(10-8-18)30(37(4,33)34)25(16-31)29-11-5-6-12-29/h7-10,13-17,25,27H,5-6,11-12H2,1-4H3,(H,28,32). The van der Waals surface area contributed by atoms with Gasteiger partial charge in [-0.1, -0.05) is 0 Å². The van der Waals surface area contributed by atoms with Crippen molar-refractivity contribution in [2.75, 3.05) is 48.5 Å². The highest BCUT2D eigenvalue weighted by molar-refractivity contribution is 7.92. The lowest BCUT2D eigenvalue weighted by Gasteiger charge is -2.34. The third kappa shape index (κ3) is 5.57. The molecule has 11 heteroatoms. The third-order valence-electron chi connectivity index (χ3n) is 6.47. The number of hydrogen-bond donors (Lipinski definition) is 2. The molecule has 2 aliphatic heterocycles. The van der Waals surface area contributed by atoms with E-state index in [4.69, 9.17) is 9.47 Å². The molecule has 2 aromatic carbocycles. The molecule has 1 saturated heterocycles. The summed E-state index contributed by atoms with van der Waals surface area (Å²) in [6.45, 7) is 3.26. The number of carbonyl (C=O) groups excluding carboxylic acids is 2. The molecule has 0 aliphatic carbocycles. The van der Waals surface area contributed by atoms with Gasteiger partial charge in [-0.15, -0.1) is 0 Å². The van der Waals surface area contributed by atoms with Crippen molar-refractivity contribution in [3.8, 4) is 11.5 Å². The molecule has 2 heterocycles. The minimum Gasteiger partial charge on any atom is -0.493 e. The summed E-state index contributed by atoms with van der Waals surface area (Å²) in [4.78, 5) is 26.4. The number of hydrogen-bond acceptors (Lipinski definition) is 8. The van der Waals surface area contributed by atoms with Crippen molar-refractivity contribution in [3.05, 3.63) is 48.0 Å². The van der Waals surface area contributed by atoms with Gasteiger partial charge >= 0.3 is 0 Å². The first kappa shape index (κ1) is 26.5. The lowest BCUT2D eigenvalue weighted by Crippen LogP contribution is -2.51. The summed E-state index contributed by atoms with van der Waals surface area (Å²) < 4.78 is 37.1. The molecule has 0 bridgehead atoms. The zero-order valence-electron chi connectivity index (χ0n) is 21.4. The number of sulfonamides is 1. The highest BCUT2D eigenvalue weighted by Gasteiger charge is 2.33. The van der Waals surface area contributed by atoms with Crippen LogP contribution in [0.25, 0.3) is 5.57 Å². The van der Waals surface area contributed by atoms with Gasteiger partial charge in [-0.2, -0.15) is 0 Å². The third-order valence-corrected chi connectivity index (χ3v) is 7.61. The van der Waals surface area contributed by atoms with Crippen LogP contribution >= 0.6 is 0 Å². The van der Waals surface area contributed by atoms with Crippen LogP contribution in [0.15, 0.2) is 42.5 Å². The molecule has 2 aromatic rings. The predicted octanol–water partition coefficient (Wildman–Crippen LogP) is 2.93. The van der Waals surface area contributed by atoms with Gasteiger partial charge in [0.1, 0.15) is 0 Å². The normalized spacial score (nSPS) is 18.2. The summed E-state index contributed by atoms with van der Waals surface area (Å²) in [5.74, 6) is 0.830. The number of methoxy groups -OCH3 is 2. The lowest BCUT2D eigenvalue weighted by molar-refractivity contribution is -0.112. The Balaban J connectivity index is 1.54. The molecule has 37 heavy (non-hydrogen) atoms. The number of ether oxygens (including phenoxy) is 2. The van der Waals surface area contributed by atoms with Gasteiger partial charge in [-0.25, -0.2) is 12.7 Å². The number of nitrogens with one attached hydrogen (secondary N) is 2. The van der Waals surface area contributed by atoms with Crippen LogP contribution in [0, 0.1) is 0 Å². The SMILES string of the molecule is COc1cc2c(cc1OC)C(=CC(C)Nc1ccc(N(C(C=O)N3CCCC3)S(C)(=O)=O)cc1)C(=O)N2. The van der Waals surface area contributed by atoms with Crippen molar-refractivity contribution in [2.24, 2.45) is 0 Å². The predicted molar refractivity (Wildman–Crippen MR) is 144 cm³/mol. The molecule has 2 aliphatic rings. The topological polar surface area (TPSA) is 117 Å². The van der Waals surface area contributed by atoms with Crippen LogP contribution in [-0.2, 0) is 19.6 Å². The molecular formula is C26H32N4O6S. The summed E-state index contributed by atoms with van der Waals surface area (Å²) in [5.41, 5.74) is 3.02. The number of fused-ring (bicyclic) bond motifs is 1. The smallest absolute Gasteiger partial charge is 0.256 e. The van der Waals surface area contributed by atoms with E-state index in [1.807, 2.05) is 17.9 Å². The lowest BCUT2D eigenvalue weighted by atomic mass is 10.0. The molecule has 10 nitrogen and oxygen atoms in total. The Morgan fingerprint density at radius 2 is 1.70 bits per heavy atom. The number of anilines is 3. The van der Waals surface area contributed by atoms with E-state index in [2.05, 4.69) is 10.6 Å². The number of nitrogens with zero attached hydrogens (tertiary/aromatic N) is 2. The largest absolute Gasteiger partial charge is 0.493 e. The molecule has 2 N–H and O–H groups in total. The van der Waals surface area contributed by atoms with Gasteiger partial charge in [0.15, 0.2) is 24.0 Å². The Bertz CT molecular complexity index is 1300. The zero-order chi connectivity index (χ0) is 26.7. The summed E-state index contributed by atoms with van der Waals surface area (Å²) in [6, 6.07) is 10.1. The Morgan fingerprint density at radius 3 is 2.27 bits per heavy atom. The van der Waals surface area contributed by atoms with Gasteiger partial charge in [0.2, 0.25) is 10.0 Å². The van der Waals surface area contributed by atoms with E-state index in [0.29, 0.717) is 47.8 Å². The second-order valence-electron chi connectivity index (χ2n) is 9.12. The molecule has 2 atom stereocenters. The van der Waals surface area contributed by atoms with Crippen LogP contribution in [-0.4, -0.2) is 71.3 Å². The molecule has 4 rings (SSSR count). The molecule has 198 valence electrons.